The van der Waals surface area contributed by atoms with E-state index in [-0.39, 0.29) is 12.2 Å². The second-order valence-electron chi connectivity index (χ2n) is 5.52. The van der Waals surface area contributed by atoms with E-state index in [0.717, 1.165) is 13.1 Å². The molecule has 0 saturated carbocycles. The molecular weight excluding hydrogens is 258 g/mol. The third kappa shape index (κ3) is 3.18. The first-order chi connectivity index (χ1) is 9.51. The number of esters is 1. The van der Waals surface area contributed by atoms with Gasteiger partial charge >= 0.3 is 5.97 Å². The van der Waals surface area contributed by atoms with Crippen LogP contribution in [0.2, 0.25) is 0 Å². The number of aromatic amines is 1. The largest absolute Gasteiger partial charge is 0.462 e. The molecule has 2 heterocycles. The van der Waals surface area contributed by atoms with Gasteiger partial charge in [0.1, 0.15) is 5.56 Å². The SMILES string of the molecule is CCOC(=O)c1cnc(N2C[C@@H](C)C[C@H](C)C2)[nH]c1=O. The highest BCUT2D eigenvalue weighted by atomic mass is 16.5. The van der Waals surface area contributed by atoms with Crippen molar-refractivity contribution in [2.24, 2.45) is 11.8 Å². The average Bonchev–Trinajstić information content (AvgIpc) is 2.37. The Morgan fingerprint density at radius 3 is 2.65 bits per heavy atom. The normalized spacial score (nSPS) is 22.6. The molecule has 1 aromatic rings. The molecule has 0 aromatic carbocycles. The molecule has 1 N–H and O–H groups in total. The fraction of sp³-hybridized carbons (Fsp3) is 0.643. The van der Waals surface area contributed by atoms with Crippen molar-refractivity contribution in [1.29, 1.82) is 0 Å². The van der Waals surface area contributed by atoms with Crippen molar-refractivity contribution in [3.05, 3.63) is 22.1 Å². The summed E-state index contributed by atoms with van der Waals surface area (Å²) in [5.41, 5.74) is -0.493. The highest BCUT2D eigenvalue weighted by Crippen LogP contribution is 2.23. The molecule has 1 fully saturated rings. The van der Waals surface area contributed by atoms with Gasteiger partial charge in [0.25, 0.3) is 5.56 Å². The lowest BCUT2D eigenvalue weighted by atomic mass is 9.92. The van der Waals surface area contributed by atoms with Crippen molar-refractivity contribution in [2.45, 2.75) is 27.2 Å². The number of piperidine rings is 1. The average molecular weight is 279 g/mol. The lowest BCUT2D eigenvalue weighted by Gasteiger charge is -2.35. The molecule has 0 spiro atoms. The molecule has 1 aromatic heterocycles. The van der Waals surface area contributed by atoms with E-state index >= 15 is 0 Å². The summed E-state index contributed by atoms with van der Waals surface area (Å²) >= 11 is 0. The molecule has 2 rings (SSSR count). The summed E-state index contributed by atoms with van der Waals surface area (Å²) in [4.78, 5) is 32.5. The third-order valence-corrected chi connectivity index (χ3v) is 3.45. The maximum atomic E-state index is 11.9. The number of nitrogens with zero attached hydrogens (tertiary/aromatic N) is 2. The first-order valence-corrected chi connectivity index (χ1v) is 7.02. The van der Waals surface area contributed by atoms with Crippen molar-refractivity contribution in [3.8, 4) is 0 Å². The first kappa shape index (κ1) is 14.6. The van der Waals surface area contributed by atoms with Gasteiger partial charge in [0.05, 0.1) is 12.8 Å². The van der Waals surface area contributed by atoms with E-state index < -0.39 is 11.5 Å². The molecule has 20 heavy (non-hydrogen) atoms. The minimum absolute atomic E-state index is 0.0475. The van der Waals surface area contributed by atoms with Gasteiger partial charge in [0.2, 0.25) is 5.95 Å². The summed E-state index contributed by atoms with van der Waals surface area (Å²) in [6, 6.07) is 0. The molecule has 0 amide bonds. The van der Waals surface area contributed by atoms with Crippen LogP contribution in [0.5, 0.6) is 0 Å². The van der Waals surface area contributed by atoms with Crippen LogP contribution in [-0.4, -0.2) is 35.6 Å². The fourth-order valence-electron chi connectivity index (χ4n) is 2.74. The standard InChI is InChI=1S/C14H21N3O3/c1-4-20-13(19)11-6-15-14(16-12(11)18)17-7-9(2)5-10(3)8-17/h6,9-10H,4-5,7-8H2,1-3H3,(H,15,16,18)/t9-,10-/m0/s1. The van der Waals surface area contributed by atoms with Gasteiger partial charge in [-0.15, -0.1) is 0 Å². The number of carbonyl (C=O) groups excluding carboxylic acids is 1. The maximum Gasteiger partial charge on any atom is 0.345 e. The zero-order chi connectivity index (χ0) is 14.7. The summed E-state index contributed by atoms with van der Waals surface area (Å²) in [5.74, 6) is 1.03. The number of rotatable bonds is 3. The quantitative estimate of drug-likeness (QED) is 0.847. The van der Waals surface area contributed by atoms with E-state index in [1.165, 1.54) is 12.6 Å². The number of anilines is 1. The molecule has 0 bridgehead atoms. The van der Waals surface area contributed by atoms with Crippen LogP contribution in [0.25, 0.3) is 0 Å². The molecule has 1 saturated heterocycles. The maximum absolute atomic E-state index is 11.9. The topological polar surface area (TPSA) is 75.3 Å². The van der Waals surface area contributed by atoms with Gasteiger partial charge in [0, 0.05) is 13.1 Å². The van der Waals surface area contributed by atoms with E-state index in [4.69, 9.17) is 4.74 Å². The fourth-order valence-corrected chi connectivity index (χ4v) is 2.74. The zero-order valence-corrected chi connectivity index (χ0v) is 12.2. The van der Waals surface area contributed by atoms with E-state index in [1.807, 2.05) is 0 Å². The van der Waals surface area contributed by atoms with E-state index in [9.17, 15) is 9.59 Å². The predicted octanol–water partition coefficient (Wildman–Crippen LogP) is 1.43. The van der Waals surface area contributed by atoms with Gasteiger partial charge in [-0.3, -0.25) is 9.78 Å². The van der Waals surface area contributed by atoms with Gasteiger partial charge in [-0.05, 0) is 25.2 Å². The Morgan fingerprint density at radius 2 is 2.10 bits per heavy atom. The van der Waals surface area contributed by atoms with E-state index in [2.05, 4.69) is 28.7 Å². The van der Waals surface area contributed by atoms with Crippen molar-refractivity contribution in [1.82, 2.24) is 9.97 Å². The van der Waals surface area contributed by atoms with Crippen LogP contribution < -0.4 is 10.5 Å². The Morgan fingerprint density at radius 1 is 1.45 bits per heavy atom. The molecule has 1 aliphatic rings. The van der Waals surface area contributed by atoms with Crippen LogP contribution in [0.15, 0.2) is 11.0 Å². The van der Waals surface area contributed by atoms with Crippen LogP contribution in [0.4, 0.5) is 5.95 Å². The van der Waals surface area contributed by atoms with Gasteiger partial charge < -0.3 is 9.64 Å². The van der Waals surface area contributed by atoms with Crippen LogP contribution in [0.3, 0.4) is 0 Å². The number of carbonyl (C=O) groups is 1. The minimum Gasteiger partial charge on any atom is -0.462 e. The Bertz CT molecular complexity index is 531. The first-order valence-electron chi connectivity index (χ1n) is 7.02. The van der Waals surface area contributed by atoms with Gasteiger partial charge in [-0.2, -0.15) is 0 Å². The highest BCUT2D eigenvalue weighted by Gasteiger charge is 2.24. The second-order valence-corrected chi connectivity index (χ2v) is 5.52. The molecule has 0 aliphatic carbocycles. The number of nitrogens with one attached hydrogen (secondary N) is 1. The Hall–Kier alpha value is -1.85. The van der Waals surface area contributed by atoms with Crippen molar-refractivity contribution in [3.63, 3.8) is 0 Å². The monoisotopic (exact) mass is 279 g/mol. The van der Waals surface area contributed by atoms with Crippen molar-refractivity contribution < 1.29 is 9.53 Å². The lowest BCUT2D eigenvalue weighted by Crippen LogP contribution is -2.40. The smallest absolute Gasteiger partial charge is 0.345 e. The highest BCUT2D eigenvalue weighted by molar-refractivity contribution is 5.88. The number of ether oxygens (including phenoxy) is 1. The summed E-state index contributed by atoms with van der Waals surface area (Å²) in [6.07, 6.45) is 2.48. The molecule has 6 nitrogen and oxygen atoms in total. The lowest BCUT2D eigenvalue weighted by molar-refractivity contribution is 0.0523. The van der Waals surface area contributed by atoms with Gasteiger partial charge in [-0.1, -0.05) is 13.8 Å². The van der Waals surface area contributed by atoms with Crippen LogP contribution in [-0.2, 0) is 4.74 Å². The van der Waals surface area contributed by atoms with E-state index in [0.29, 0.717) is 17.8 Å². The summed E-state index contributed by atoms with van der Waals surface area (Å²) < 4.78 is 4.82. The number of aromatic nitrogens is 2. The molecule has 2 atom stereocenters. The van der Waals surface area contributed by atoms with Crippen LogP contribution in [0, 0.1) is 11.8 Å². The van der Waals surface area contributed by atoms with Gasteiger partial charge in [-0.25, -0.2) is 9.78 Å². The van der Waals surface area contributed by atoms with Gasteiger partial charge in [0.15, 0.2) is 0 Å². The third-order valence-electron chi connectivity index (χ3n) is 3.45. The Kier molecular flexibility index (Phi) is 4.42. The number of H-pyrrole nitrogens is 1. The number of hydrogen-bond donors (Lipinski definition) is 1. The van der Waals surface area contributed by atoms with Crippen molar-refractivity contribution in [2.75, 3.05) is 24.6 Å². The van der Waals surface area contributed by atoms with Crippen LogP contribution in [0.1, 0.15) is 37.6 Å². The second kappa shape index (κ2) is 6.07. The Labute approximate surface area is 118 Å². The van der Waals surface area contributed by atoms with Crippen LogP contribution >= 0.6 is 0 Å². The molecular formula is C14H21N3O3. The molecule has 110 valence electrons. The Balaban J connectivity index is 2.20. The summed E-state index contributed by atoms with van der Waals surface area (Å²) in [7, 11) is 0. The summed E-state index contributed by atoms with van der Waals surface area (Å²) in [6.45, 7) is 8.05. The number of hydrogen-bond acceptors (Lipinski definition) is 5. The minimum atomic E-state index is -0.631. The molecule has 1 aliphatic heterocycles. The molecule has 0 unspecified atom stereocenters. The van der Waals surface area contributed by atoms with E-state index in [1.54, 1.807) is 6.92 Å². The predicted molar refractivity (Wildman–Crippen MR) is 76.0 cm³/mol. The molecule has 0 radical (unpaired) electrons. The summed E-state index contributed by atoms with van der Waals surface area (Å²) in [5, 5.41) is 0. The van der Waals surface area contributed by atoms with Crippen molar-refractivity contribution >= 4 is 11.9 Å². The molecule has 6 heteroatoms. The zero-order valence-electron chi connectivity index (χ0n) is 12.2.